The molecule has 0 spiro atoms. The lowest BCUT2D eigenvalue weighted by atomic mass is 10.2. The summed E-state index contributed by atoms with van der Waals surface area (Å²) in [5.41, 5.74) is 0. The lowest BCUT2D eigenvalue weighted by molar-refractivity contribution is 0.174. The quantitative estimate of drug-likeness (QED) is 0.429. The van der Waals surface area contributed by atoms with Gasteiger partial charge >= 0.3 is 0 Å². The zero-order chi connectivity index (χ0) is 14.1. The van der Waals surface area contributed by atoms with Crippen molar-refractivity contribution in [3.63, 3.8) is 0 Å². The molecule has 0 saturated carbocycles. The highest BCUT2D eigenvalue weighted by atomic mass is 15.3. The van der Waals surface area contributed by atoms with Crippen molar-refractivity contribution in [2.75, 3.05) is 33.7 Å². The maximum absolute atomic E-state index is 4.61. The number of rotatable bonds is 7. The van der Waals surface area contributed by atoms with Gasteiger partial charge in [0.1, 0.15) is 0 Å². The molecule has 0 aliphatic rings. The third kappa shape index (κ3) is 6.84. The summed E-state index contributed by atoms with van der Waals surface area (Å²) < 4.78 is 0. The molecule has 108 valence electrons. The Morgan fingerprint density at radius 1 is 1.11 bits per heavy atom. The summed E-state index contributed by atoms with van der Waals surface area (Å²) in [5.74, 6) is 0.984. The van der Waals surface area contributed by atoms with E-state index in [4.69, 9.17) is 0 Å². The van der Waals surface area contributed by atoms with Crippen LogP contribution in [-0.2, 0) is 0 Å². The standard InChI is InChI=1S/C14H32N4/c1-8-15-14(17(6)7)16-10-9-11-18(12(2)3)13(4)5/h12-13H,8-11H2,1-7H3,(H,15,16). The number of aliphatic imine (C=N–C) groups is 1. The summed E-state index contributed by atoms with van der Waals surface area (Å²) in [6.07, 6.45) is 1.11. The van der Waals surface area contributed by atoms with E-state index in [1.807, 2.05) is 19.0 Å². The van der Waals surface area contributed by atoms with Crippen LogP contribution in [0.5, 0.6) is 0 Å². The highest BCUT2D eigenvalue weighted by molar-refractivity contribution is 5.79. The van der Waals surface area contributed by atoms with Crippen LogP contribution in [-0.4, -0.2) is 61.6 Å². The molecule has 4 nitrogen and oxygen atoms in total. The summed E-state index contributed by atoms with van der Waals surface area (Å²) in [6, 6.07) is 1.21. The minimum Gasteiger partial charge on any atom is -0.357 e. The van der Waals surface area contributed by atoms with Gasteiger partial charge in [0.2, 0.25) is 0 Å². The Morgan fingerprint density at radius 3 is 2.06 bits per heavy atom. The number of nitrogens with one attached hydrogen (secondary N) is 1. The molecule has 0 saturated heterocycles. The molecule has 18 heavy (non-hydrogen) atoms. The van der Waals surface area contributed by atoms with Crippen molar-refractivity contribution >= 4 is 5.96 Å². The number of nitrogens with zero attached hydrogens (tertiary/aromatic N) is 3. The lowest BCUT2D eigenvalue weighted by Crippen LogP contribution is -2.38. The number of hydrogen-bond acceptors (Lipinski definition) is 2. The number of guanidine groups is 1. The highest BCUT2D eigenvalue weighted by Gasteiger charge is 2.12. The Bertz CT molecular complexity index is 226. The fourth-order valence-corrected chi connectivity index (χ4v) is 2.06. The Morgan fingerprint density at radius 2 is 1.67 bits per heavy atom. The Kier molecular flexibility index (Phi) is 8.81. The van der Waals surface area contributed by atoms with Gasteiger partial charge in [-0.15, -0.1) is 0 Å². The first-order valence-electron chi connectivity index (χ1n) is 7.11. The average molecular weight is 256 g/mol. The van der Waals surface area contributed by atoms with Crippen molar-refractivity contribution in [2.24, 2.45) is 4.99 Å². The molecular weight excluding hydrogens is 224 g/mol. The fourth-order valence-electron chi connectivity index (χ4n) is 2.06. The molecule has 0 heterocycles. The summed E-state index contributed by atoms with van der Waals surface area (Å²) in [5, 5.41) is 3.28. The molecule has 0 fully saturated rings. The van der Waals surface area contributed by atoms with Crippen LogP contribution >= 0.6 is 0 Å². The monoisotopic (exact) mass is 256 g/mol. The van der Waals surface area contributed by atoms with Crippen LogP contribution in [0, 0.1) is 0 Å². The molecule has 0 bridgehead atoms. The summed E-state index contributed by atoms with van der Waals surface area (Å²) in [7, 11) is 4.05. The van der Waals surface area contributed by atoms with Crippen molar-refractivity contribution < 1.29 is 0 Å². The molecule has 4 heteroatoms. The van der Waals surface area contributed by atoms with E-state index in [0.29, 0.717) is 12.1 Å². The van der Waals surface area contributed by atoms with Gasteiger partial charge in [0, 0.05) is 45.8 Å². The Hall–Kier alpha value is -0.770. The minimum atomic E-state index is 0.607. The molecule has 0 atom stereocenters. The van der Waals surface area contributed by atoms with Gasteiger partial charge in [-0.1, -0.05) is 0 Å². The van der Waals surface area contributed by atoms with Crippen LogP contribution in [0.15, 0.2) is 4.99 Å². The molecular formula is C14H32N4. The summed E-state index contributed by atoms with van der Waals surface area (Å²) in [6.45, 7) is 14.0. The van der Waals surface area contributed by atoms with E-state index in [1.165, 1.54) is 0 Å². The normalized spacial score (nSPS) is 12.7. The highest BCUT2D eigenvalue weighted by Crippen LogP contribution is 2.05. The predicted molar refractivity (Wildman–Crippen MR) is 81.3 cm³/mol. The van der Waals surface area contributed by atoms with Gasteiger partial charge in [0.15, 0.2) is 5.96 Å². The zero-order valence-electron chi connectivity index (χ0n) is 13.3. The molecule has 0 aromatic rings. The van der Waals surface area contributed by atoms with Crippen molar-refractivity contribution in [1.29, 1.82) is 0 Å². The van der Waals surface area contributed by atoms with Gasteiger partial charge in [-0.05, 0) is 41.0 Å². The van der Waals surface area contributed by atoms with E-state index in [2.05, 4.69) is 49.8 Å². The first-order chi connectivity index (χ1) is 8.40. The van der Waals surface area contributed by atoms with Crippen molar-refractivity contribution in [2.45, 2.75) is 53.1 Å². The minimum absolute atomic E-state index is 0.607. The summed E-state index contributed by atoms with van der Waals surface area (Å²) >= 11 is 0. The predicted octanol–water partition coefficient (Wildman–Crippen LogP) is 2.02. The van der Waals surface area contributed by atoms with Crippen molar-refractivity contribution in [3.8, 4) is 0 Å². The fraction of sp³-hybridized carbons (Fsp3) is 0.929. The van der Waals surface area contributed by atoms with Crippen LogP contribution in [0.3, 0.4) is 0 Å². The van der Waals surface area contributed by atoms with Crippen LogP contribution < -0.4 is 5.32 Å². The van der Waals surface area contributed by atoms with Crippen LogP contribution in [0.25, 0.3) is 0 Å². The Labute approximate surface area is 113 Å². The van der Waals surface area contributed by atoms with E-state index in [9.17, 15) is 0 Å². The molecule has 0 rings (SSSR count). The zero-order valence-corrected chi connectivity index (χ0v) is 13.3. The first-order valence-corrected chi connectivity index (χ1v) is 7.11. The van der Waals surface area contributed by atoms with Crippen molar-refractivity contribution in [3.05, 3.63) is 0 Å². The molecule has 0 aromatic heterocycles. The SMILES string of the molecule is CCNC(=NCCCN(C(C)C)C(C)C)N(C)C. The third-order valence-corrected chi connectivity index (χ3v) is 2.92. The second-order valence-electron chi connectivity index (χ2n) is 5.41. The second kappa shape index (κ2) is 9.20. The molecule has 0 aliphatic carbocycles. The van der Waals surface area contributed by atoms with Crippen LogP contribution in [0.1, 0.15) is 41.0 Å². The maximum atomic E-state index is 4.61. The molecule has 0 unspecified atom stereocenters. The van der Waals surface area contributed by atoms with Crippen LogP contribution in [0.4, 0.5) is 0 Å². The first kappa shape index (κ1) is 17.2. The number of hydrogen-bond donors (Lipinski definition) is 1. The third-order valence-electron chi connectivity index (χ3n) is 2.92. The van der Waals surface area contributed by atoms with Crippen LogP contribution in [0.2, 0.25) is 0 Å². The Balaban J connectivity index is 4.12. The average Bonchev–Trinajstić information content (AvgIpc) is 2.25. The van der Waals surface area contributed by atoms with Crippen molar-refractivity contribution in [1.82, 2.24) is 15.1 Å². The van der Waals surface area contributed by atoms with E-state index in [1.54, 1.807) is 0 Å². The molecule has 0 aromatic carbocycles. The topological polar surface area (TPSA) is 30.9 Å². The molecule has 1 N–H and O–H groups in total. The van der Waals surface area contributed by atoms with Gasteiger partial charge < -0.3 is 10.2 Å². The summed E-state index contributed by atoms with van der Waals surface area (Å²) in [4.78, 5) is 9.15. The second-order valence-corrected chi connectivity index (χ2v) is 5.41. The van der Waals surface area contributed by atoms with E-state index < -0.39 is 0 Å². The van der Waals surface area contributed by atoms with E-state index in [-0.39, 0.29) is 0 Å². The van der Waals surface area contributed by atoms with Gasteiger partial charge in [0.25, 0.3) is 0 Å². The van der Waals surface area contributed by atoms with Gasteiger partial charge in [0.05, 0.1) is 0 Å². The molecule has 0 aliphatic heterocycles. The van der Waals surface area contributed by atoms with E-state index >= 15 is 0 Å². The van der Waals surface area contributed by atoms with Gasteiger partial charge in [-0.25, -0.2) is 0 Å². The van der Waals surface area contributed by atoms with Gasteiger partial charge in [-0.2, -0.15) is 0 Å². The maximum Gasteiger partial charge on any atom is 0.193 e. The largest absolute Gasteiger partial charge is 0.357 e. The molecule has 0 radical (unpaired) electrons. The van der Waals surface area contributed by atoms with E-state index in [0.717, 1.165) is 32.0 Å². The van der Waals surface area contributed by atoms with Gasteiger partial charge in [-0.3, -0.25) is 9.89 Å². The smallest absolute Gasteiger partial charge is 0.193 e. The lowest BCUT2D eigenvalue weighted by Gasteiger charge is -2.30. The molecule has 0 amide bonds.